The van der Waals surface area contributed by atoms with Gasteiger partial charge in [0.05, 0.1) is 0 Å². The van der Waals surface area contributed by atoms with Gasteiger partial charge in [0.15, 0.2) is 0 Å². The first-order valence-corrected chi connectivity index (χ1v) is 7.10. The summed E-state index contributed by atoms with van der Waals surface area (Å²) in [5, 5.41) is 0. The molecule has 0 saturated heterocycles. The Balaban J connectivity index is 2.08. The van der Waals surface area contributed by atoms with Gasteiger partial charge in [-0.25, -0.2) is 0 Å². The van der Waals surface area contributed by atoms with Crippen molar-refractivity contribution in [1.82, 2.24) is 0 Å². The van der Waals surface area contributed by atoms with E-state index in [2.05, 4.69) is 4.90 Å². The van der Waals surface area contributed by atoms with Gasteiger partial charge in [-0.15, -0.1) is 0 Å². The van der Waals surface area contributed by atoms with E-state index in [1.54, 1.807) is 6.92 Å². The molecule has 0 saturated carbocycles. The monoisotopic (exact) mass is 279 g/mol. The molecule has 1 unspecified atom stereocenters. The molecule has 1 atom stereocenters. The Hall–Kier alpha value is -2.42. The number of carbonyl (C=O) groups excluding carboxylic acids is 2. The third-order valence-electron chi connectivity index (χ3n) is 4.04. The van der Waals surface area contributed by atoms with Crippen molar-refractivity contribution in [3.8, 4) is 0 Å². The molecule has 0 N–H and O–H groups in total. The van der Waals surface area contributed by atoms with Crippen LogP contribution in [-0.2, 0) is 11.2 Å². The van der Waals surface area contributed by atoms with Gasteiger partial charge in [0, 0.05) is 29.4 Å². The lowest BCUT2D eigenvalue weighted by Gasteiger charge is -2.35. The molecule has 0 aliphatic carbocycles. The van der Waals surface area contributed by atoms with E-state index in [9.17, 15) is 9.59 Å². The Morgan fingerprint density at radius 3 is 2.62 bits per heavy atom. The smallest absolute Gasteiger partial charge is 0.150 e. The zero-order valence-corrected chi connectivity index (χ0v) is 12.0. The summed E-state index contributed by atoms with van der Waals surface area (Å²) in [5.74, 6) is 0.165. The van der Waals surface area contributed by atoms with Gasteiger partial charge in [-0.05, 0) is 49.2 Å². The second kappa shape index (κ2) is 5.52. The predicted molar refractivity (Wildman–Crippen MR) is 83.2 cm³/mol. The molecule has 2 aromatic carbocycles. The van der Waals surface area contributed by atoms with E-state index in [4.69, 9.17) is 0 Å². The SMILES string of the molecule is CC(=O)C1Cc2cc(C=O)ccc2N(c2ccccc2)C1. The Labute approximate surface area is 124 Å². The van der Waals surface area contributed by atoms with E-state index in [1.807, 2.05) is 48.5 Å². The lowest BCUT2D eigenvalue weighted by Crippen LogP contribution is -2.35. The standard InChI is InChI=1S/C18H17NO2/c1-13(21)16-10-15-9-14(12-20)7-8-18(15)19(11-16)17-5-3-2-4-6-17/h2-9,12,16H,10-11H2,1H3. The van der Waals surface area contributed by atoms with Crippen LogP contribution >= 0.6 is 0 Å². The lowest BCUT2D eigenvalue weighted by atomic mass is 9.88. The number of fused-ring (bicyclic) bond motifs is 1. The minimum atomic E-state index is -0.0281. The fraction of sp³-hybridized carbons (Fsp3) is 0.222. The van der Waals surface area contributed by atoms with Crippen molar-refractivity contribution in [2.45, 2.75) is 13.3 Å². The molecule has 21 heavy (non-hydrogen) atoms. The van der Waals surface area contributed by atoms with Crippen LogP contribution in [0.2, 0.25) is 0 Å². The maximum absolute atomic E-state index is 11.8. The summed E-state index contributed by atoms with van der Waals surface area (Å²) >= 11 is 0. The van der Waals surface area contributed by atoms with Gasteiger partial charge >= 0.3 is 0 Å². The fourth-order valence-corrected chi connectivity index (χ4v) is 2.88. The van der Waals surface area contributed by atoms with E-state index in [-0.39, 0.29) is 11.7 Å². The van der Waals surface area contributed by atoms with Crippen LogP contribution < -0.4 is 4.90 Å². The number of ketones is 1. The van der Waals surface area contributed by atoms with E-state index >= 15 is 0 Å². The molecular formula is C18H17NO2. The van der Waals surface area contributed by atoms with Crippen LogP contribution in [0.5, 0.6) is 0 Å². The summed E-state index contributed by atoms with van der Waals surface area (Å²) in [6.45, 7) is 2.33. The van der Waals surface area contributed by atoms with Crippen LogP contribution in [0, 0.1) is 5.92 Å². The molecule has 0 spiro atoms. The number of nitrogens with zero attached hydrogens (tertiary/aromatic N) is 1. The summed E-state index contributed by atoms with van der Waals surface area (Å²) in [5.41, 5.74) is 3.88. The molecule has 3 rings (SSSR count). The van der Waals surface area contributed by atoms with Crippen molar-refractivity contribution in [2.75, 3.05) is 11.4 Å². The third-order valence-corrected chi connectivity index (χ3v) is 4.04. The molecule has 106 valence electrons. The van der Waals surface area contributed by atoms with Crippen LogP contribution in [0.25, 0.3) is 0 Å². The summed E-state index contributed by atoms with van der Waals surface area (Å²) in [6, 6.07) is 15.7. The fourth-order valence-electron chi connectivity index (χ4n) is 2.88. The normalized spacial score (nSPS) is 17.2. The summed E-state index contributed by atoms with van der Waals surface area (Å²) in [6.07, 6.45) is 1.56. The van der Waals surface area contributed by atoms with Crippen molar-refractivity contribution in [1.29, 1.82) is 0 Å². The summed E-state index contributed by atoms with van der Waals surface area (Å²) in [7, 11) is 0. The molecule has 3 heteroatoms. The number of rotatable bonds is 3. The topological polar surface area (TPSA) is 37.4 Å². The highest BCUT2D eigenvalue weighted by atomic mass is 16.1. The van der Waals surface area contributed by atoms with Crippen molar-refractivity contribution in [2.24, 2.45) is 5.92 Å². The van der Waals surface area contributed by atoms with Gasteiger partial charge in [-0.3, -0.25) is 9.59 Å². The maximum atomic E-state index is 11.8. The van der Waals surface area contributed by atoms with E-state index in [0.717, 1.165) is 23.2 Å². The van der Waals surface area contributed by atoms with Crippen molar-refractivity contribution in [3.63, 3.8) is 0 Å². The number of carbonyl (C=O) groups is 2. The van der Waals surface area contributed by atoms with Crippen molar-refractivity contribution >= 4 is 23.4 Å². The molecule has 2 aromatic rings. The van der Waals surface area contributed by atoms with Gasteiger partial charge in [0.2, 0.25) is 0 Å². The zero-order chi connectivity index (χ0) is 14.8. The van der Waals surface area contributed by atoms with Crippen molar-refractivity contribution < 1.29 is 9.59 Å². The Bertz CT molecular complexity index is 679. The lowest BCUT2D eigenvalue weighted by molar-refractivity contribution is -0.120. The molecule has 0 radical (unpaired) electrons. The average molecular weight is 279 g/mol. The molecule has 0 aromatic heterocycles. The number of aldehydes is 1. The van der Waals surface area contributed by atoms with E-state index < -0.39 is 0 Å². The highest BCUT2D eigenvalue weighted by Gasteiger charge is 2.28. The Morgan fingerprint density at radius 1 is 1.19 bits per heavy atom. The first-order chi connectivity index (χ1) is 10.2. The first-order valence-electron chi connectivity index (χ1n) is 7.10. The first kappa shape index (κ1) is 13.6. The number of para-hydroxylation sites is 1. The van der Waals surface area contributed by atoms with Gasteiger partial charge in [-0.1, -0.05) is 18.2 Å². The van der Waals surface area contributed by atoms with Gasteiger partial charge in [0.25, 0.3) is 0 Å². The van der Waals surface area contributed by atoms with Crippen LogP contribution in [0.3, 0.4) is 0 Å². The van der Waals surface area contributed by atoms with Gasteiger partial charge in [0.1, 0.15) is 12.1 Å². The van der Waals surface area contributed by atoms with Gasteiger partial charge < -0.3 is 4.90 Å². The van der Waals surface area contributed by atoms with Crippen LogP contribution in [0.15, 0.2) is 48.5 Å². The average Bonchev–Trinajstić information content (AvgIpc) is 2.53. The molecule has 3 nitrogen and oxygen atoms in total. The van der Waals surface area contributed by atoms with Gasteiger partial charge in [-0.2, -0.15) is 0 Å². The highest BCUT2D eigenvalue weighted by Crippen LogP contribution is 2.36. The number of Topliss-reactive ketones (excluding diaryl/α,β-unsaturated/α-hetero) is 1. The van der Waals surface area contributed by atoms with Crippen LogP contribution in [0.4, 0.5) is 11.4 Å². The third kappa shape index (κ3) is 2.59. The second-order valence-corrected chi connectivity index (χ2v) is 5.46. The minimum Gasteiger partial charge on any atom is -0.341 e. The summed E-state index contributed by atoms with van der Waals surface area (Å²) < 4.78 is 0. The maximum Gasteiger partial charge on any atom is 0.150 e. The van der Waals surface area contributed by atoms with Crippen molar-refractivity contribution in [3.05, 3.63) is 59.7 Å². The number of hydrogen-bond acceptors (Lipinski definition) is 3. The number of benzene rings is 2. The van der Waals surface area contributed by atoms with Crippen LogP contribution in [-0.4, -0.2) is 18.6 Å². The Kier molecular flexibility index (Phi) is 3.57. The molecule has 0 amide bonds. The Morgan fingerprint density at radius 2 is 1.95 bits per heavy atom. The van der Waals surface area contributed by atoms with E-state index in [1.165, 1.54) is 0 Å². The molecule has 0 bridgehead atoms. The number of hydrogen-bond donors (Lipinski definition) is 0. The summed E-state index contributed by atoms with van der Waals surface area (Å²) in [4.78, 5) is 25.0. The number of anilines is 2. The molecule has 1 aliphatic rings. The molecular weight excluding hydrogens is 262 g/mol. The molecule has 1 heterocycles. The van der Waals surface area contributed by atoms with E-state index in [0.29, 0.717) is 18.5 Å². The zero-order valence-electron chi connectivity index (χ0n) is 12.0. The second-order valence-electron chi connectivity index (χ2n) is 5.46. The molecule has 0 fully saturated rings. The van der Waals surface area contributed by atoms with Crippen LogP contribution in [0.1, 0.15) is 22.8 Å². The predicted octanol–water partition coefficient (Wildman–Crippen LogP) is 3.40. The highest BCUT2D eigenvalue weighted by molar-refractivity contribution is 5.84. The largest absolute Gasteiger partial charge is 0.341 e. The molecule has 1 aliphatic heterocycles. The minimum absolute atomic E-state index is 0.0281. The quantitative estimate of drug-likeness (QED) is 0.808.